The number of carbonyl (C=O) groups excluding carboxylic acids is 1. The maximum atomic E-state index is 11.7. The lowest BCUT2D eigenvalue weighted by molar-refractivity contribution is -0.147. The van der Waals surface area contributed by atoms with Crippen molar-refractivity contribution in [2.75, 3.05) is 19.8 Å². The van der Waals surface area contributed by atoms with Crippen LogP contribution in [0.3, 0.4) is 0 Å². The molecular formula is C25H36O5. The van der Waals surface area contributed by atoms with E-state index in [4.69, 9.17) is 14.6 Å². The lowest BCUT2D eigenvalue weighted by Crippen LogP contribution is -2.23. The molecule has 2 aliphatic carbocycles. The summed E-state index contributed by atoms with van der Waals surface area (Å²) in [5.41, 5.74) is 4.03. The van der Waals surface area contributed by atoms with E-state index >= 15 is 0 Å². The van der Waals surface area contributed by atoms with Crippen LogP contribution in [0, 0.1) is 11.8 Å². The summed E-state index contributed by atoms with van der Waals surface area (Å²) in [5.74, 6) is 1.48. The van der Waals surface area contributed by atoms with Crippen LogP contribution in [0.2, 0.25) is 0 Å². The van der Waals surface area contributed by atoms with Gasteiger partial charge in [0.25, 0.3) is 0 Å². The van der Waals surface area contributed by atoms with Gasteiger partial charge in [-0.1, -0.05) is 50.0 Å². The quantitative estimate of drug-likeness (QED) is 0.324. The van der Waals surface area contributed by atoms with Crippen molar-refractivity contribution >= 4 is 5.97 Å². The van der Waals surface area contributed by atoms with Crippen molar-refractivity contribution in [2.24, 2.45) is 11.8 Å². The van der Waals surface area contributed by atoms with Crippen LogP contribution in [-0.4, -0.2) is 42.1 Å². The number of allylic oxidation sites excluding steroid dienone is 1. The third-order valence-corrected chi connectivity index (χ3v) is 6.48. The third kappa shape index (κ3) is 6.08. The molecule has 2 N–H and O–H groups in total. The molecule has 3 atom stereocenters. The molecule has 1 aromatic carbocycles. The second-order valence-corrected chi connectivity index (χ2v) is 8.60. The van der Waals surface area contributed by atoms with Crippen LogP contribution in [-0.2, 0) is 22.4 Å². The van der Waals surface area contributed by atoms with Crippen LogP contribution in [0.15, 0.2) is 29.8 Å². The van der Waals surface area contributed by atoms with E-state index in [1.54, 1.807) is 0 Å². The number of rotatable bonds is 11. The first kappa shape index (κ1) is 22.8. The molecule has 3 unspecified atom stereocenters. The maximum absolute atomic E-state index is 11.7. The van der Waals surface area contributed by atoms with E-state index in [2.05, 4.69) is 19.1 Å². The van der Waals surface area contributed by atoms with Crippen molar-refractivity contribution in [2.45, 2.75) is 70.8 Å². The SMILES string of the molecule is CCCCCC(O)C/C=C1\CCC2Cc3c(cccc3OCC(=O)OCCO)CC12. The summed E-state index contributed by atoms with van der Waals surface area (Å²) in [6.07, 6.45) is 11.5. The molecule has 166 valence electrons. The molecule has 0 amide bonds. The third-order valence-electron chi connectivity index (χ3n) is 6.48. The predicted octanol–water partition coefficient (Wildman–Crippen LogP) is 3.98. The molecule has 30 heavy (non-hydrogen) atoms. The summed E-state index contributed by atoms with van der Waals surface area (Å²) in [6, 6.07) is 6.08. The van der Waals surface area contributed by atoms with Gasteiger partial charge in [0.05, 0.1) is 12.7 Å². The van der Waals surface area contributed by atoms with Crippen molar-refractivity contribution in [3.8, 4) is 5.75 Å². The Morgan fingerprint density at radius 3 is 2.97 bits per heavy atom. The fraction of sp³-hybridized carbons (Fsp3) is 0.640. The van der Waals surface area contributed by atoms with Crippen molar-refractivity contribution in [1.82, 2.24) is 0 Å². The highest BCUT2D eigenvalue weighted by Gasteiger charge is 2.36. The van der Waals surface area contributed by atoms with E-state index in [1.807, 2.05) is 12.1 Å². The topological polar surface area (TPSA) is 76.0 Å². The number of benzene rings is 1. The Labute approximate surface area is 180 Å². The summed E-state index contributed by atoms with van der Waals surface area (Å²) in [5, 5.41) is 19.0. The normalized spacial score (nSPS) is 22.4. The lowest BCUT2D eigenvalue weighted by atomic mass is 9.76. The number of fused-ring (bicyclic) bond motifs is 2. The average molecular weight is 417 g/mol. The number of aliphatic hydroxyl groups excluding tert-OH is 2. The van der Waals surface area contributed by atoms with Gasteiger partial charge in [-0.05, 0) is 67.6 Å². The molecule has 1 fully saturated rings. The first-order chi connectivity index (χ1) is 14.6. The smallest absolute Gasteiger partial charge is 0.344 e. The minimum Gasteiger partial charge on any atom is -0.482 e. The molecule has 5 nitrogen and oxygen atoms in total. The Kier molecular flexibility index (Phi) is 8.76. The minimum atomic E-state index is -0.459. The number of unbranched alkanes of at least 4 members (excludes halogenated alkanes) is 2. The summed E-state index contributed by atoms with van der Waals surface area (Å²) in [4.78, 5) is 11.7. The van der Waals surface area contributed by atoms with Crippen molar-refractivity contribution < 1.29 is 24.5 Å². The van der Waals surface area contributed by atoms with Crippen LogP contribution >= 0.6 is 0 Å². The molecule has 5 heteroatoms. The molecule has 0 bridgehead atoms. The molecule has 0 heterocycles. The van der Waals surface area contributed by atoms with Gasteiger partial charge in [-0.15, -0.1) is 0 Å². The number of ether oxygens (including phenoxy) is 2. The number of hydrogen-bond donors (Lipinski definition) is 2. The molecule has 0 radical (unpaired) electrons. The first-order valence-electron chi connectivity index (χ1n) is 11.5. The Morgan fingerprint density at radius 1 is 1.30 bits per heavy atom. The van der Waals surface area contributed by atoms with Gasteiger partial charge < -0.3 is 19.7 Å². The predicted molar refractivity (Wildman–Crippen MR) is 116 cm³/mol. The van der Waals surface area contributed by atoms with Gasteiger partial charge in [0.15, 0.2) is 6.61 Å². The zero-order valence-electron chi connectivity index (χ0n) is 18.1. The van der Waals surface area contributed by atoms with E-state index in [0.717, 1.165) is 44.3 Å². The molecule has 1 saturated carbocycles. The van der Waals surface area contributed by atoms with Gasteiger partial charge in [-0.25, -0.2) is 4.79 Å². The molecule has 0 spiro atoms. The standard InChI is InChI=1S/C25H36O5/c1-2-3-4-7-21(27)12-11-18-9-10-20-16-23-19(15-22(18)20)6-5-8-24(23)30-17-25(28)29-14-13-26/h5-6,8,11,20-22,26-27H,2-4,7,9-10,12-17H2,1H3/b18-11+. The monoisotopic (exact) mass is 416 g/mol. The molecule has 3 rings (SSSR count). The van der Waals surface area contributed by atoms with Crippen LogP contribution in [0.5, 0.6) is 5.75 Å². The number of aliphatic hydroxyl groups is 2. The van der Waals surface area contributed by atoms with Crippen molar-refractivity contribution in [3.63, 3.8) is 0 Å². The van der Waals surface area contributed by atoms with Crippen LogP contribution < -0.4 is 4.74 Å². The van der Waals surface area contributed by atoms with Gasteiger partial charge in [0.2, 0.25) is 0 Å². The van der Waals surface area contributed by atoms with Crippen LogP contribution in [0.25, 0.3) is 0 Å². The second kappa shape index (κ2) is 11.5. The Bertz CT molecular complexity index is 726. The van der Waals surface area contributed by atoms with E-state index < -0.39 is 5.97 Å². The highest BCUT2D eigenvalue weighted by atomic mass is 16.6. The summed E-state index contributed by atoms with van der Waals surface area (Å²) in [7, 11) is 0. The number of hydrogen-bond acceptors (Lipinski definition) is 5. The highest BCUT2D eigenvalue weighted by molar-refractivity contribution is 5.71. The number of carbonyl (C=O) groups is 1. The van der Waals surface area contributed by atoms with E-state index in [-0.39, 0.29) is 25.9 Å². The van der Waals surface area contributed by atoms with E-state index in [0.29, 0.717) is 11.8 Å². The summed E-state index contributed by atoms with van der Waals surface area (Å²) >= 11 is 0. The zero-order valence-corrected chi connectivity index (χ0v) is 18.1. The average Bonchev–Trinajstić information content (AvgIpc) is 3.15. The zero-order chi connectivity index (χ0) is 21.3. The van der Waals surface area contributed by atoms with Gasteiger partial charge in [-0.3, -0.25) is 0 Å². The largest absolute Gasteiger partial charge is 0.482 e. The lowest BCUT2D eigenvalue weighted by Gasteiger charge is -2.30. The van der Waals surface area contributed by atoms with Crippen molar-refractivity contribution in [3.05, 3.63) is 41.0 Å². The van der Waals surface area contributed by atoms with E-state index in [1.165, 1.54) is 36.0 Å². The van der Waals surface area contributed by atoms with Gasteiger partial charge in [0.1, 0.15) is 12.4 Å². The van der Waals surface area contributed by atoms with E-state index in [9.17, 15) is 9.90 Å². The minimum absolute atomic E-state index is 0.00125. The fourth-order valence-corrected chi connectivity index (χ4v) is 4.88. The van der Waals surface area contributed by atoms with Crippen LogP contribution in [0.1, 0.15) is 63.0 Å². The maximum Gasteiger partial charge on any atom is 0.344 e. The highest BCUT2D eigenvalue weighted by Crippen LogP contribution is 2.46. The molecule has 0 aliphatic heterocycles. The Hall–Kier alpha value is -1.85. The summed E-state index contributed by atoms with van der Waals surface area (Å²) < 4.78 is 10.6. The fourth-order valence-electron chi connectivity index (χ4n) is 4.88. The molecule has 2 aliphatic rings. The van der Waals surface area contributed by atoms with Gasteiger partial charge >= 0.3 is 5.97 Å². The second-order valence-electron chi connectivity index (χ2n) is 8.60. The van der Waals surface area contributed by atoms with Crippen molar-refractivity contribution in [1.29, 1.82) is 0 Å². The molecule has 0 aromatic heterocycles. The Balaban J connectivity index is 1.59. The molecule has 1 aromatic rings. The number of esters is 1. The van der Waals surface area contributed by atoms with Gasteiger partial charge in [0, 0.05) is 0 Å². The molecular weight excluding hydrogens is 380 g/mol. The first-order valence-corrected chi connectivity index (χ1v) is 11.5. The Morgan fingerprint density at radius 2 is 2.17 bits per heavy atom. The van der Waals surface area contributed by atoms with Crippen LogP contribution in [0.4, 0.5) is 0 Å². The summed E-state index contributed by atoms with van der Waals surface area (Å²) in [6.45, 7) is 1.88. The van der Waals surface area contributed by atoms with Gasteiger partial charge in [-0.2, -0.15) is 0 Å². The molecule has 0 saturated heterocycles.